The zero-order valence-electron chi connectivity index (χ0n) is 20.1. The van der Waals surface area contributed by atoms with Gasteiger partial charge in [-0.2, -0.15) is 0 Å². The smallest absolute Gasteiger partial charge is 0.229 e. The van der Waals surface area contributed by atoms with Crippen LogP contribution < -0.4 is 10.1 Å². The van der Waals surface area contributed by atoms with Gasteiger partial charge in [-0.25, -0.2) is 9.37 Å². The molecule has 0 spiro atoms. The van der Waals surface area contributed by atoms with E-state index in [1.807, 2.05) is 68.7 Å². The minimum absolute atomic E-state index is 0.0733. The first kappa shape index (κ1) is 23.3. The maximum atomic E-state index is 15.1. The SMILES string of the molecule is CN(C)CCOc1ccc(-c2oc3ncc(F)c(NC[C@@H]4CCCO4)c3c2-c2ccccc2)cc1. The highest BCUT2D eigenvalue weighted by atomic mass is 19.1. The summed E-state index contributed by atoms with van der Waals surface area (Å²) in [5.41, 5.74) is 3.39. The number of benzene rings is 2. The molecule has 1 saturated heterocycles. The monoisotopic (exact) mass is 475 g/mol. The van der Waals surface area contributed by atoms with Gasteiger partial charge in [0.1, 0.15) is 18.1 Å². The Morgan fingerprint density at radius 2 is 1.89 bits per heavy atom. The van der Waals surface area contributed by atoms with Gasteiger partial charge in [0.2, 0.25) is 5.71 Å². The van der Waals surface area contributed by atoms with Crippen molar-refractivity contribution in [2.24, 2.45) is 0 Å². The summed E-state index contributed by atoms with van der Waals surface area (Å²) in [5, 5.41) is 3.92. The predicted octanol–water partition coefficient (Wildman–Crippen LogP) is 5.83. The van der Waals surface area contributed by atoms with Crippen LogP contribution in [-0.4, -0.2) is 56.4 Å². The summed E-state index contributed by atoms with van der Waals surface area (Å²) in [4.78, 5) is 6.36. The molecule has 5 rings (SSSR count). The van der Waals surface area contributed by atoms with Crippen molar-refractivity contribution >= 4 is 16.8 Å². The van der Waals surface area contributed by atoms with Gasteiger partial charge in [-0.3, -0.25) is 0 Å². The van der Waals surface area contributed by atoms with Gasteiger partial charge in [0.15, 0.2) is 5.82 Å². The maximum absolute atomic E-state index is 15.1. The fourth-order valence-corrected chi connectivity index (χ4v) is 4.37. The van der Waals surface area contributed by atoms with Gasteiger partial charge < -0.3 is 24.1 Å². The Hall–Kier alpha value is -3.42. The van der Waals surface area contributed by atoms with Gasteiger partial charge in [0.25, 0.3) is 0 Å². The standard InChI is InChI=1S/C28H30FN3O3/c1-32(2)14-16-34-21-12-10-20(11-13-21)27-24(19-7-4-3-5-8-19)25-26(23(29)18-31-28(25)35-27)30-17-22-9-6-15-33-22/h3-5,7-8,10-13,18,22H,6,9,14-17H2,1-2H3,(H,30,31)/t22-/m0/s1. The normalized spacial score (nSPS) is 15.7. The van der Waals surface area contributed by atoms with E-state index in [1.54, 1.807) is 0 Å². The number of anilines is 1. The summed E-state index contributed by atoms with van der Waals surface area (Å²) >= 11 is 0. The van der Waals surface area contributed by atoms with Crippen molar-refractivity contribution in [3.05, 3.63) is 66.6 Å². The number of halogens is 1. The first-order valence-electron chi connectivity index (χ1n) is 12.0. The Morgan fingerprint density at radius 3 is 2.60 bits per heavy atom. The van der Waals surface area contributed by atoms with E-state index >= 15 is 4.39 Å². The molecule has 1 fully saturated rings. The number of hydrogen-bond acceptors (Lipinski definition) is 6. The van der Waals surface area contributed by atoms with E-state index in [-0.39, 0.29) is 6.10 Å². The highest BCUT2D eigenvalue weighted by Crippen LogP contribution is 2.44. The largest absolute Gasteiger partial charge is 0.492 e. The predicted molar refractivity (Wildman–Crippen MR) is 136 cm³/mol. The number of rotatable bonds is 9. The van der Waals surface area contributed by atoms with E-state index < -0.39 is 5.82 Å². The number of nitrogens with zero attached hydrogens (tertiary/aromatic N) is 2. The lowest BCUT2D eigenvalue weighted by Crippen LogP contribution is -2.19. The fourth-order valence-electron chi connectivity index (χ4n) is 4.37. The number of fused-ring (bicyclic) bond motifs is 1. The Balaban J connectivity index is 1.55. The van der Waals surface area contributed by atoms with Crippen molar-refractivity contribution in [3.63, 3.8) is 0 Å². The summed E-state index contributed by atoms with van der Waals surface area (Å²) in [7, 11) is 4.03. The lowest BCUT2D eigenvalue weighted by molar-refractivity contribution is 0.120. The van der Waals surface area contributed by atoms with Crippen molar-refractivity contribution in [3.8, 4) is 28.2 Å². The number of hydrogen-bond donors (Lipinski definition) is 1. The van der Waals surface area contributed by atoms with E-state index in [0.29, 0.717) is 35.7 Å². The lowest BCUT2D eigenvalue weighted by Gasteiger charge is -2.14. The number of nitrogens with one attached hydrogen (secondary N) is 1. The second-order valence-electron chi connectivity index (χ2n) is 9.03. The van der Waals surface area contributed by atoms with Crippen molar-refractivity contribution in [2.75, 3.05) is 45.7 Å². The molecule has 182 valence electrons. The van der Waals surface area contributed by atoms with Gasteiger partial charge in [-0.1, -0.05) is 30.3 Å². The molecule has 0 aliphatic carbocycles. The van der Waals surface area contributed by atoms with Crippen LogP contribution in [0.15, 0.2) is 65.2 Å². The van der Waals surface area contributed by atoms with Gasteiger partial charge in [0, 0.05) is 30.8 Å². The maximum Gasteiger partial charge on any atom is 0.229 e. The zero-order chi connectivity index (χ0) is 24.2. The third-order valence-corrected chi connectivity index (χ3v) is 6.19. The number of pyridine rings is 1. The molecule has 6 nitrogen and oxygen atoms in total. The molecule has 1 N–H and O–H groups in total. The summed E-state index contributed by atoms with van der Waals surface area (Å²) in [6, 6.07) is 17.7. The third kappa shape index (κ3) is 5.16. The van der Waals surface area contributed by atoms with Crippen LogP contribution in [0.5, 0.6) is 5.75 Å². The number of ether oxygens (including phenoxy) is 2. The second-order valence-corrected chi connectivity index (χ2v) is 9.03. The number of aromatic nitrogens is 1. The Morgan fingerprint density at radius 1 is 1.09 bits per heavy atom. The number of furan rings is 1. The van der Waals surface area contributed by atoms with Crippen molar-refractivity contribution < 1.29 is 18.3 Å². The van der Waals surface area contributed by atoms with Crippen LogP contribution in [0.4, 0.5) is 10.1 Å². The molecule has 0 saturated carbocycles. The molecule has 0 radical (unpaired) electrons. The van der Waals surface area contributed by atoms with Gasteiger partial charge in [0.05, 0.1) is 23.4 Å². The van der Waals surface area contributed by atoms with Gasteiger partial charge in [-0.15, -0.1) is 0 Å². The Kier molecular flexibility index (Phi) is 6.97. The zero-order valence-corrected chi connectivity index (χ0v) is 20.1. The summed E-state index contributed by atoms with van der Waals surface area (Å²) < 4.78 is 32.9. The van der Waals surface area contributed by atoms with E-state index in [1.165, 1.54) is 6.20 Å². The number of likely N-dealkylation sites (N-methyl/N-ethyl adjacent to an activating group) is 1. The lowest BCUT2D eigenvalue weighted by atomic mass is 9.98. The van der Waals surface area contributed by atoms with Crippen LogP contribution >= 0.6 is 0 Å². The summed E-state index contributed by atoms with van der Waals surface area (Å²) in [6.45, 7) is 2.72. The van der Waals surface area contributed by atoms with Crippen molar-refractivity contribution in [2.45, 2.75) is 18.9 Å². The second kappa shape index (κ2) is 10.5. The first-order valence-corrected chi connectivity index (χ1v) is 12.0. The molecule has 1 atom stereocenters. The summed E-state index contributed by atoms with van der Waals surface area (Å²) in [5.74, 6) is 1.02. The molecular formula is C28H30FN3O3. The highest BCUT2D eigenvalue weighted by molar-refractivity contribution is 6.07. The summed E-state index contributed by atoms with van der Waals surface area (Å²) in [6.07, 6.45) is 3.28. The molecular weight excluding hydrogens is 445 g/mol. The molecule has 0 bridgehead atoms. The molecule has 3 heterocycles. The Labute approximate surface area is 204 Å². The van der Waals surface area contributed by atoms with Crippen LogP contribution in [0.25, 0.3) is 33.6 Å². The third-order valence-electron chi connectivity index (χ3n) is 6.19. The molecule has 2 aromatic carbocycles. The molecule has 0 amide bonds. The van der Waals surface area contributed by atoms with Crippen LogP contribution in [0.1, 0.15) is 12.8 Å². The Bertz CT molecular complexity index is 1270. The average Bonchev–Trinajstić information content (AvgIpc) is 3.52. The van der Waals surface area contributed by atoms with Crippen LogP contribution in [0, 0.1) is 5.82 Å². The van der Waals surface area contributed by atoms with E-state index in [2.05, 4.69) is 15.2 Å². The minimum atomic E-state index is -0.412. The first-order chi connectivity index (χ1) is 17.1. The quantitative estimate of drug-likeness (QED) is 0.329. The molecule has 1 aliphatic rings. The average molecular weight is 476 g/mol. The van der Waals surface area contributed by atoms with Gasteiger partial charge in [-0.05, 0) is 56.8 Å². The van der Waals surface area contributed by atoms with Crippen LogP contribution in [0.3, 0.4) is 0 Å². The van der Waals surface area contributed by atoms with Crippen LogP contribution in [-0.2, 0) is 4.74 Å². The highest BCUT2D eigenvalue weighted by Gasteiger charge is 2.24. The minimum Gasteiger partial charge on any atom is -0.492 e. The molecule has 0 unspecified atom stereocenters. The fraction of sp³-hybridized carbons (Fsp3) is 0.321. The van der Waals surface area contributed by atoms with Crippen molar-refractivity contribution in [1.29, 1.82) is 0 Å². The van der Waals surface area contributed by atoms with Gasteiger partial charge >= 0.3 is 0 Å². The van der Waals surface area contributed by atoms with E-state index in [4.69, 9.17) is 13.9 Å². The molecule has 1 aliphatic heterocycles. The van der Waals surface area contributed by atoms with Crippen LogP contribution in [0.2, 0.25) is 0 Å². The molecule has 4 aromatic rings. The molecule has 7 heteroatoms. The van der Waals surface area contributed by atoms with E-state index in [0.717, 1.165) is 48.4 Å². The molecule has 35 heavy (non-hydrogen) atoms. The topological polar surface area (TPSA) is 59.8 Å². The molecule has 2 aromatic heterocycles. The van der Waals surface area contributed by atoms with Crippen molar-refractivity contribution in [1.82, 2.24) is 9.88 Å². The van der Waals surface area contributed by atoms with E-state index in [9.17, 15) is 0 Å².